The fourth-order valence-corrected chi connectivity index (χ4v) is 4.81. The third kappa shape index (κ3) is 6.87. The van der Waals surface area contributed by atoms with Gasteiger partial charge in [0, 0.05) is 50.7 Å². The summed E-state index contributed by atoms with van der Waals surface area (Å²) in [4.78, 5) is 12.9. The Bertz CT molecular complexity index is 1030. The molecule has 1 atom stereocenters. The van der Waals surface area contributed by atoms with Gasteiger partial charge in [-0.3, -0.25) is 4.98 Å². The lowest BCUT2D eigenvalue weighted by Gasteiger charge is -2.31. The molecule has 1 saturated heterocycles. The lowest BCUT2D eigenvalue weighted by molar-refractivity contribution is 0.0191. The smallest absolute Gasteiger partial charge is 0.223 e. The number of hydrogen-bond donors (Lipinski definition) is 2. The lowest BCUT2D eigenvalue weighted by atomic mass is 9.83. The maximum atomic E-state index is 14.7. The number of rotatable bonds is 10. The fourth-order valence-electron chi connectivity index (χ4n) is 4.81. The summed E-state index contributed by atoms with van der Waals surface area (Å²) in [5.74, 6) is 0.347. The number of ether oxygens (including phenoxy) is 3. The van der Waals surface area contributed by atoms with E-state index in [4.69, 9.17) is 14.2 Å². The van der Waals surface area contributed by atoms with Gasteiger partial charge in [0.25, 0.3) is 0 Å². The summed E-state index contributed by atoms with van der Waals surface area (Å²) in [6.45, 7) is 4.16. The van der Waals surface area contributed by atoms with E-state index in [1.807, 2.05) is 0 Å². The van der Waals surface area contributed by atoms with E-state index in [-0.39, 0.29) is 18.3 Å². The topological polar surface area (TPSA) is 114 Å². The Hall–Kier alpha value is -2.87. The number of pyridine rings is 1. The van der Waals surface area contributed by atoms with Gasteiger partial charge >= 0.3 is 0 Å². The molecular formula is C26H35FN6O3. The molecule has 2 aromatic rings. The van der Waals surface area contributed by atoms with Gasteiger partial charge in [-0.2, -0.15) is 5.26 Å². The average molecular weight is 499 g/mol. The molecule has 0 aromatic carbocycles. The Morgan fingerprint density at radius 3 is 2.69 bits per heavy atom. The van der Waals surface area contributed by atoms with E-state index in [0.717, 1.165) is 25.7 Å². The van der Waals surface area contributed by atoms with E-state index >= 15 is 0 Å². The van der Waals surface area contributed by atoms with Crippen molar-refractivity contribution in [1.82, 2.24) is 20.3 Å². The Morgan fingerprint density at radius 1 is 1.22 bits per heavy atom. The van der Waals surface area contributed by atoms with Crippen LogP contribution in [0.5, 0.6) is 5.75 Å². The van der Waals surface area contributed by atoms with Crippen molar-refractivity contribution < 1.29 is 18.6 Å². The zero-order chi connectivity index (χ0) is 25.4. The maximum Gasteiger partial charge on any atom is 0.223 e. The first kappa shape index (κ1) is 26.2. The van der Waals surface area contributed by atoms with Crippen LogP contribution in [0.15, 0.2) is 24.5 Å². The van der Waals surface area contributed by atoms with Crippen LogP contribution in [0.2, 0.25) is 0 Å². The fraction of sp³-hybridized carbons (Fsp3) is 0.615. The van der Waals surface area contributed by atoms with Gasteiger partial charge in [-0.1, -0.05) is 0 Å². The highest BCUT2D eigenvalue weighted by Crippen LogP contribution is 2.31. The number of methoxy groups -OCH3 is 1. The Kier molecular flexibility index (Phi) is 9.02. The summed E-state index contributed by atoms with van der Waals surface area (Å²) in [5.41, 5.74) is -0.105. The Balaban J connectivity index is 1.37. The minimum absolute atomic E-state index is 0.114. The van der Waals surface area contributed by atoms with Crippen molar-refractivity contribution >= 4 is 5.95 Å². The predicted molar refractivity (Wildman–Crippen MR) is 133 cm³/mol. The summed E-state index contributed by atoms with van der Waals surface area (Å²) in [5, 5.41) is 16.6. The minimum Gasteiger partial charge on any atom is -0.492 e. The number of nitrogens with one attached hydrogen (secondary N) is 2. The van der Waals surface area contributed by atoms with E-state index in [2.05, 4.69) is 38.6 Å². The normalized spacial score (nSPS) is 22.4. The van der Waals surface area contributed by atoms with Crippen LogP contribution >= 0.6 is 0 Å². The molecule has 1 unspecified atom stereocenters. The van der Waals surface area contributed by atoms with Gasteiger partial charge in [0.1, 0.15) is 18.1 Å². The summed E-state index contributed by atoms with van der Waals surface area (Å²) in [6, 6.07) is 6.75. The molecule has 3 heterocycles. The molecule has 2 aromatic heterocycles. The lowest BCUT2D eigenvalue weighted by Crippen LogP contribution is -2.43. The minimum atomic E-state index is -0.574. The second kappa shape index (κ2) is 12.4. The quantitative estimate of drug-likeness (QED) is 0.506. The molecule has 1 aliphatic carbocycles. The molecular weight excluding hydrogens is 463 g/mol. The van der Waals surface area contributed by atoms with Crippen molar-refractivity contribution in [3.8, 4) is 23.2 Å². The Labute approximate surface area is 211 Å². The Morgan fingerprint density at radius 2 is 1.97 bits per heavy atom. The molecule has 2 aliphatic rings. The first-order chi connectivity index (χ1) is 17.5. The van der Waals surface area contributed by atoms with Gasteiger partial charge in [0.05, 0.1) is 30.0 Å². The molecule has 1 saturated carbocycles. The van der Waals surface area contributed by atoms with Crippen LogP contribution in [0.25, 0.3) is 11.4 Å². The first-order valence-corrected chi connectivity index (χ1v) is 12.6. The van der Waals surface area contributed by atoms with Crippen LogP contribution in [0.1, 0.15) is 45.4 Å². The van der Waals surface area contributed by atoms with E-state index < -0.39 is 11.2 Å². The van der Waals surface area contributed by atoms with Gasteiger partial charge < -0.3 is 24.8 Å². The van der Waals surface area contributed by atoms with Gasteiger partial charge in [-0.25, -0.2) is 14.4 Å². The van der Waals surface area contributed by atoms with Crippen molar-refractivity contribution in [2.75, 3.05) is 38.9 Å². The first-order valence-electron chi connectivity index (χ1n) is 12.6. The second-order valence-electron chi connectivity index (χ2n) is 9.78. The molecule has 4 rings (SSSR count). The third-order valence-electron chi connectivity index (χ3n) is 6.92. The molecule has 2 fully saturated rings. The van der Waals surface area contributed by atoms with Gasteiger partial charge in [-0.05, 0) is 51.5 Å². The average Bonchev–Trinajstić information content (AvgIpc) is 2.90. The zero-order valence-electron chi connectivity index (χ0n) is 21.0. The monoisotopic (exact) mass is 498 g/mol. The van der Waals surface area contributed by atoms with Crippen molar-refractivity contribution in [2.45, 2.75) is 63.6 Å². The summed E-state index contributed by atoms with van der Waals surface area (Å²) < 4.78 is 31.2. The summed E-state index contributed by atoms with van der Waals surface area (Å²) in [6.07, 6.45) is 8.01. The van der Waals surface area contributed by atoms with E-state index in [1.165, 1.54) is 6.20 Å². The number of nitriles is 1. The van der Waals surface area contributed by atoms with Crippen LogP contribution in [0.4, 0.5) is 10.3 Å². The number of aromatic nitrogens is 3. The SMILES string of the molecule is COCC(C)NC1CCC(Nc2ncc(F)c(-c3cc(OCC4(C#N)CCOCC4)ccn3)n2)CC1. The molecule has 10 heteroatoms. The number of nitrogens with zero attached hydrogens (tertiary/aromatic N) is 4. The predicted octanol–water partition coefficient (Wildman–Crippen LogP) is 3.72. The van der Waals surface area contributed by atoms with Gasteiger partial charge in [0.15, 0.2) is 5.82 Å². The zero-order valence-corrected chi connectivity index (χ0v) is 21.0. The van der Waals surface area contributed by atoms with Crippen LogP contribution in [-0.2, 0) is 9.47 Å². The molecule has 9 nitrogen and oxygen atoms in total. The van der Waals surface area contributed by atoms with Crippen molar-refractivity contribution in [3.63, 3.8) is 0 Å². The highest BCUT2D eigenvalue weighted by Gasteiger charge is 2.33. The maximum absolute atomic E-state index is 14.7. The summed E-state index contributed by atoms with van der Waals surface area (Å²) in [7, 11) is 1.71. The van der Waals surface area contributed by atoms with Gasteiger partial charge in [0.2, 0.25) is 5.95 Å². The number of halogens is 1. The van der Waals surface area contributed by atoms with Crippen LogP contribution in [0.3, 0.4) is 0 Å². The molecule has 0 bridgehead atoms. The number of anilines is 1. The third-order valence-corrected chi connectivity index (χ3v) is 6.92. The molecule has 36 heavy (non-hydrogen) atoms. The molecule has 0 spiro atoms. The van der Waals surface area contributed by atoms with Crippen LogP contribution < -0.4 is 15.4 Å². The highest BCUT2D eigenvalue weighted by molar-refractivity contribution is 5.58. The standard InChI is InChI=1S/C26H35FN6O3/c1-18(15-34-2)31-19-3-5-20(6-4-19)32-25-30-14-22(27)24(33-25)23-13-21(7-10-29-23)36-17-26(16-28)8-11-35-12-9-26/h7,10,13-14,18-20,31H,3-6,8-9,11-12,15,17H2,1-2H3,(H,30,32,33). The number of hydrogen-bond acceptors (Lipinski definition) is 9. The molecule has 1 aliphatic heterocycles. The second-order valence-corrected chi connectivity index (χ2v) is 9.78. The van der Waals surface area contributed by atoms with Crippen molar-refractivity contribution in [2.24, 2.45) is 5.41 Å². The van der Waals surface area contributed by atoms with E-state index in [0.29, 0.717) is 62.1 Å². The molecule has 0 radical (unpaired) electrons. The van der Waals surface area contributed by atoms with Gasteiger partial charge in [-0.15, -0.1) is 0 Å². The largest absolute Gasteiger partial charge is 0.492 e. The summed E-state index contributed by atoms with van der Waals surface area (Å²) >= 11 is 0. The van der Waals surface area contributed by atoms with Crippen molar-refractivity contribution in [3.05, 3.63) is 30.3 Å². The van der Waals surface area contributed by atoms with E-state index in [1.54, 1.807) is 25.4 Å². The molecule has 2 N–H and O–H groups in total. The van der Waals surface area contributed by atoms with Crippen LogP contribution in [0, 0.1) is 22.6 Å². The van der Waals surface area contributed by atoms with Crippen molar-refractivity contribution in [1.29, 1.82) is 5.26 Å². The van der Waals surface area contributed by atoms with E-state index in [9.17, 15) is 9.65 Å². The van der Waals surface area contributed by atoms with Crippen LogP contribution in [-0.4, -0.2) is 66.6 Å². The molecule has 0 amide bonds. The highest BCUT2D eigenvalue weighted by atomic mass is 19.1. The molecule has 194 valence electrons.